The molecule has 1 rings (SSSR count). The molecule has 16 heavy (non-hydrogen) atoms. The van der Waals surface area contributed by atoms with Crippen LogP contribution >= 0.6 is 0 Å². The molecule has 0 saturated carbocycles. The van der Waals surface area contributed by atoms with E-state index in [-0.39, 0.29) is 0 Å². The Balaban J connectivity index is 2.41. The largest absolute Gasteiger partial charge is 0.492 e. The Morgan fingerprint density at radius 2 is 2.25 bits per heavy atom. The summed E-state index contributed by atoms with van der Waals surface area (Å²) in [7, 11) is 0. The molecule has 0 radical (unpaired) electrons. The first-order chi connectivity index (χ1) is 7.88. The third-order valence-electron chi connectivity index (χ3n) is 2.36. The molecular formula is C12H21N3O. The second-order valence-electron chi connectivity index (χ2n) is 3.71. The Morgan fingerprint density at radius 3 is 2.88 bits per heavy atom. The van der Waals surface area contributed by atoms with Crippen LogP contribution in [0.15, 0.2) is 12.3 Å². The minimum atomic E-state index is 0.660. The quantitative estimate of drug-likeness (QED) is 0.544. The molecule has 0 aliphatic rings. The van der Waals surface area contributed by atoms with Crippen LogP contribution in [0.5, 0.6) is 0 Å². The molecule has 1 heterocycles. The lowest BCUT2D eigenvalue weighted by Gasteiger charge is -2.05. The van der Waals surface area contributed by atoms with Gasteiger partial charge in [0.1, 0.15) is 11.5 Å². The van der Waals surface area contributed by atoms with Crippen molar-refractivity contribution in [3.05, 3.63) is 18.0 Å². The normalized spacial score (nSPS) is 11.8. The smallest absolute Gasteiger partial charge is 0.147 e. The Bertz CT molecular complexity index is 293. The lowest BCUT2D eigenvalue weighted by molar-refractivity contribution is 0.295. The molecule has 0 atom stereocenters. The zero-order valence-corrected chi connectivity index (χ0v) is 10.2. The van der Waals surface area contributed by atoms with Crippen LogP contribution in [0.1, 0.15) is 51.6 Å². The van der Waals surface area contributed by atoms with Crippen LogP contribution in [-0.2, 0) is 4.74 Å². The zero-order valence-electron chi connectivity index (χ0n) is 10.2. The Labute approximate surface area is 97.1 Å². The molecule has 1 aromatic heterocycles. The number of nitrogens with zero attached hydrogens (tertiary/aromatic N) is 2. The number of rotatable bonds is 8. The van der Waals surface area contributed by atoms with Gasteiger partial charge in [-0.3, -0.25) is 5.10 Å². The highest BCUT2D eigenvalue weighted by atomic mass is 16.5. The topological polar surface area (TPSA) is 50.8 Å². The molecule has 0 aliphatic carbocycles. The van der Waals surface area contributed by atoms with E-state index in [0.29, 0.717) is 6.61 Å². The summed E-state index contributed by atoms with van der Waals surface area (Å²) in [6.45, 7) is 4.86. The summed E-state index contributed by atoms with van der Waals surface area (Å²) in [5, 5.41) is 10.3. The van der Waals surface area contributed by atoms with Gasteiger partial charge in [-0.1, -0.05) is 31.4 Å². The molecule has 0 saturated heterocycles. The molecule has 4 heteroatoms. The number of unbranched alkanes of at least 4 members (excludes halogenated alkanes) is 4. The maximum atomic E-state index is 5.53. The molecule has 0 bridgehead atoms. The Kier molecular flexibility index (Phi) is 6.30. The Hall–Kier alpha value is -1.32. The van der Waals surface area contributed by atoms with Crippen LogP contribution in [0.4, 0.5) is 0 Å². The van der Waals surface area contributed by atoms with Crippen molar-refractivity contribution in [2.45, 2.75) is 46.0 Å². The van der Waals surface area contributed by atoms with Crippen LogP contribution in [0, 0.1) is 0 Å². The summed E-state index contributed by atoms with van der Waals surface area (Å²) in [6.07, 6.45) is 9.98. The third kappa shape index (κ3) is 4.47. The number of ether oxygens (including phenoxy) is 1. The second kappa shape index (κ2) is 7.91. The monoisotopic (exact) mass is 223 g/mol. The van der Waals surface area contributed by atoms with Gasteiger partial charge in [0, 0.05) is 0 Å². The first-order valence-electron chi connectivity index (χ1n) is 6.08. The average Bonchev–Trinajstić information content (AvgIpc) is 2.81. The first-order valence-corrected chi connectivity index (χ1v) is 6.08. The van der Waals surface area contributed by atoms with Crippen LogP contribution in [-0.4, -0.2) is 22.0 Å². The van der Waals surface area contributed by atoms with Crippen molar-refractivity contribution < 1.29 is 4.74 Å². The van der Waals surface area contributed by atoms with E-state index in [1.807, 2.05) is 6.92 Å². The van der Waals surface area contributed by atoms with Gasteiger partial charge in [0.2, 0.25) is 0 Å². The van der Waals surface area contributed by atoms with Gasteiger partial charge in [-0.2, -0.15) is 0 Å². The van der Waals surface area contributed by atoms with E-state index < -0.39 is 0 Å². The maximum Gasteiger partial charge on any atom is 0.147 e. The van der Waals surface area contributed by atoms with E-state index >= 15 is 0 Å². The molecule has 0 aliphatic heterocycles. The predicted molar refractivity (Wildman–Crippen MR) is 64.7 cm³/mol. The summed E-state index contributed by atoms with van der Waals surface area (Å²) in [5.41, 5.74) is 0.789. The van der Waals surface area contributed by atoms with Crippen LogP contribution in [0.2, 0.25) is 0 Å². The van der Waals surface area contributed by atoms with Crippen molar-refractivity contribution in [3.63, 3.8) is 0 Å². The van der Waals surface area contributed by atoms with Gasteiger partial charge in [0.05, 0.1) is 12.8 Å². The van der Waals surface area contributed by atoms with Crippen molar-refractivity contribution in [2.24, 2.45) is 0 Å². The van der Waals surface area contributed by atoms with E-state index in [0.717, 1.165) is 17.9 Å². The molecule has 0 spiro atoms. The molecule has 0 aromatic carbocycles. The fraction of sp³-hybridized carbons (Fsp3) is 0.667. The molecule has 0 amide bonds. The second-order valence-corrected chi connectivity index (χ2v) is 3.71. The van der Waals surface area contributed by atoms with Gasteiger partial charge in [0.15, 0.2) is 0 Å². The highest BCUT2D eigenvalue weighted by Crippen LogP contribution is 2.14. The fourth-order valence-electron chi connectivity index (χ4n) is 1.52. The van der Waals surface area contributed by atoms with Gasteiger partial charge >= 0.3 is 0 Å². The predicted octanol–water partition coefficient (Wildman–Crippen LogP) is 3.15. The molecule has 90 valence electrons. The van der Waals surface area contributed by atoms with Crippen LogP contribution < -0.4 is 0 Å². The van der Waals surface area contributed by atoms with Gasteiger partial charge in [-0.05, 0) is 25.8 Å². The molecule has 1 aromatic rings. The van der Waals surface area contributed by atoms with Gasteiger partial charge in [-0.15, -0.1) is 5.10 Å². The first kappa shape index (κ1) is 12.7. The zero-order chi connectivity index (χ0) is 11.6. The lowest BCUT2D eigenvalue weighted by atomic mass is 10.1. The highest BCUT2D eigenvalue weighted by molar-refractivity contribution is 5.54. The SMILES string of the molecule is CCCCCCC=C(OCC)c1c[nH]nn1. The number of allylic oxidation sites excluding steroid dienone is 1. The van der Waals surface area contributed by atoms with Gasteiger partial charge in [0.25, 0.3) is 0 Å². The van der Waals surface area contributed by atoms with Crippen molar-refractivity contribution in [3.8, 4) is 0 Å². The van der Waals surface area contributed by atoms with E-state index in [9.17, 15) is 0 Å². The van der Waals surface area contributed by atoms with E-state index in [1.54, 1.807) is 6.20 Å². The lowest BCUT2D eigenvalue weighted by Crippen LogP contribution is -1.92. The van der Waals surface area contributed by atoms with E-state index in [1.165, 1.54) is 25.7 Å². The number of nitrogens with one attached hydrogen (secondary N) is 1. The minimum absolute atomic E-state index is 0.660. The molecule has 0 fully saturated rings. The maximum absolute atomic E-state index is 5.53. The summed E-state index contributed by atoms with van der Waals surface area (Å²) in [5.74, 6) is 0.841. The third-order valence-corrected chi connectivity index (χ3v) is 2.36. The van der Waals surface area contributed by atoms with Crippen LogP contribution in [0.25, 0.3) is 5.76 Å². The Morgan fingerprint density at radius 1 is 1.38 bits per heavy atom. The number of H-pyrrole nitrogens is 1. The number of hydrogen-bond donors (Lipinski definition) is 1. The number of aromatic nitrogens is 3. The fourth-order valence-corrected chi connectivity index (χ4v) is 1.52. The van der Waals surface area contributed by atoms with Gasteiger partial charge < -0.3 is 4.74 Å². The summed E-state index contributed by atoms with van der Waals surface area (Å²) < 4.78 is 5.53. The van der Waals surface area contributed by atoms with Gasteiger partial charge in [-0.25, -0.2) is 0 Å². The minimum Gasteiger partial charge on any atom is -0.492 e. The summed E-state index contributed by atoms with van der Waals surface area (Å²) >= 11 is 0. The molecule has 4 nitrogen and oxygen atoms in total. The van der Waals surface area contributed by atoms with Crippen molar-refractivity contribution in [1.82, 2.24) is 15.4 Å². The number of hydrogen-bond acceptors (Lipinski definition) is 3. The summed E-state index contributed by atoms with van der Waals surface area (Å²) in [4.78, 5) is 0. The summed E-state index contributed by atoms with van der Waals surface area (Å²) in [6, 6.07) is 0. The van der Waals surface area contributed by atoms with Crippen molar-refractivity contribution >= 4 is 5.76 Å². The number of aromatic amines is 1. The standard InChI is InChI=1S/C12H21N3O/c1-3-5-6-7-8-9-12(16-4-2)11-10-13-15-14-11/h9-10H,3-8H2,1-2H3,(H,13,14,15). The van der Waals surface area contributed by atoms with Crippen LogP contribution in [0.3, 0.4) is 0 Å². The highest BCUT2D eigenvalue weighted by Gasteiger charge is 2.04. The molecule has 1 N–H and O–H groups in total. The van der Waals surface area contributed by atoms with E-state index in [4.69, 9.17) is 4.74 Å². The molecular weight excluding hydrogens is 202 g/mol. The average molecular weight is 223 g/mol. The van der Waals surface area contributed by atoms with E-state index in [2.05, 4.69) is 28.4 Å². The van der Waals surface area contributed by atoms with Crippen molar-refractivity contribution in [2.75, 3.05) is 6.61 Å². The molecule has 0 unspecified atom stereocenters. The van der Waals surface area contributed by atoms with Crippen molar-refractivity contribution in [1.29, 1.82) is 0 Å².